The lowest BCUT2D eigenvalue weighted by molar-refractivity contribution is 0.343. The van der Waals surface area contributed by atoms with E-state index in [0.29, 0.717) is 46.4 Å². The van der Waals surface area contributed by atoms with Gasteiger partial charge in [0.15, 0.2) is 5.82 Å². The van der Waals surface area contributed by atoms with Gasteiger partial charge in [-0.05, 0) is 38.1 Å². The number of hydrogen-bond acceptors (Lipinski definition) is 10. The van der Waals surface area contributed by atoms with Crippen LogP contribution in [0.4, 0.5) is 23.1 Å². The number of nitrogens with one attached hydrogen (secondary N) is 3. The lowest BCUT2D eigenvalue weighted by Crippen LogP contribution is -2.29. The van der Waals surface area contributed by atoms with Crippen LogP contribution in [-0.2, 0) is 0 Å². The fourth-order valence-electron chi connectivity index (χ4n) is 4.09. The SMILES string of the molecule is COc1cc(OC)c(Cl)c(Nc2ncccc2-c2ncnc(Nc3cnn(C4CCNCC4)c3)n2)c1Cl. The van der Waals surface area contributed by atoms with E-state index >= 15 is 0 Å². The Labute approximate surface area is 223 Å². The first kappa shape index (κ1) is 25.0. The molecule has 4 heterocycles. The van der Waals surface area contributed by atoms with Gasteiger partial charge in [0.25, 0.3) is 0 Å². The predicted octanol–water partition coefficient (Wildman–Crippen LogP) is 4.87. The predicted molar refractivity (Wildman–Crippen MR) is 143 cm³/mol. The highest BCUT2D eigenvalue weighted by molar-refractivity contribution is 6.41. The topological polar surface area (TPSA) is 124 Å². The highest BCUT2D eigenvalue weighted by atomic mass is 35.5. The van der Waals surface area contributed by atoms with E-state index in [0.717, 1.165) is 31.6 Å². The van der Waals surface area contributed by atoms with Crippen LogP contribution in [0.3, 0.4) is 0 Å². The van der Waals surface area contributed by atoms with Crippen LogP contribution in [0.15, 0.2) is 43.1 Å². The molecule has 1 aromatic carbocycles. The molecule has 13 heteroatoms. The lowest BCUT2D eigenvalue weighted by Gasteiger charge is -2.22. The van der Waals surface area contributed by atoms with Crippen LogP contribution in [0, 0.1) is 0 Å². The minimum absolute atomic E-state index is 0.286. The molecule has 0 radical (unpaired) electrons. The Hall–Kier alpha value is -3.67. The van der Waals surface area contributed by atoms with E-state index in [1.54, 1.807) is 24.5 Å². The van der Waals surface area contributed by atoms with Crippen molar-refractivity contribution >= 4 is 46.3 Å². The zero-order chi connectivity index (χ0) is 25.8. The summed E-state index contributed by atoms with van der Waals surface area (Å²) in [6.07, 6.45) is 8.90. The monoisotopic (exact) mass is 541 g/mol. The van der Waals surface area contributed by atoms with Gasteiger partial charge in [-0.1, -0.05) is 23.2 Å². The summed E-state index contributed by atoms with van der Waals surface area (Å²) in [5.74, 6) is 2.03. The number of pyridine rings is 1. The number of aromatic nitrogens is 6. The Bertz CT molecular complexity index is 1360. The van der Waals surface area contributed by atoms with Crippen LogP contribution < -0.4 is 25.4 Å². The second-order valence-corrected chi connectivity index (χ2v) is 9.01. The number of ether oxygens (including phenoxy) is 2. The third-order valence-electron chi connectivity index (χ3n) is 5.98. The van der Waals surface area contributed by atoms with Crippen molar-refractivity contribution in [2.75, 3.05) is 37.9 Å². The molecule has 1 saturated heterocycles. The zero-order valence-electron chi connectivity index (χ0n) is 20.2. The number of methoxy groups -OCH3 is 2. The maximum atomic E-state index is 6.55. The second kappa shape index (κ2) is 11.2. The van der Waals surface area contributed by atoms with Crippen molar-refractivity contribution in [2.24, 2.45) is 0 Å². The van der Waals surface area contributed by atoms with Crippen LogP contribution >= 0.6 is 23.2 Å². The van der Waals surface area contributed by atoms with E-state index in [9.17, 15) is 0 Å². The van der Waals surface area contributed by atoms with Crippen molar-refractivity contribution in [3.63, 3.8) is 0 Å². The van der Waals surface area contributed by atoms with E-state index in [-0.39, 0.29) is 10.0 Å². The molecule has 1 aliphatic heterocycles. The Balaban J connectivity index is 1.42. The summed E-state index contributed by atoms with van der Waals surface area (Å²) in [6.45, 7) is 1.98. The van der Waals surface area contributed by atoms with Crippen molar-refractivity contribution < 1.29 is 9.47 Å². The standard InChI is InChI=1S/C24H25Cl2N9O2/c1-36-17-10-18(37-2)20(26)21(19(17)25)33-22-16(4-3-7-28-22)23-29-13-30-24(34-23)32-14-11-31-35(12-14)15-5-8-27-9-6-15/h3-4,7,10-13,15,27H,5-6,8-9H2,1-2H3,(H,28,33)(H,29,30,32,34). The van der Waals surface area contributed by atoms with Gasteiger partial charge in [-0.2, -0.15) is 10.1 Å². The van der Waals surface area contributed by atoms with Gasteiger partial charge in [0.2, 0.25) is 5.95 Å². The van der Waals surface area contributed by atoms with Crippen molar-refractivity contribution in [3.8, 4) is 22.9 Å². The smallest absolute Gasteiger partial charge is 0.230 e. The first-order valence-electron chi connectivity index (χ1n) is 11.6. The Morgan fingerprint density at radius 3 is 2.51 bits per heavy atom. The molecule has 5 rings (SSSR count). The lowest BCUT2D eigenvalue weighted by atomic mass is 10.1. The minimum atomic E-state index is 0.286. The van der Waals surface area contributed by atoms with E-state index in [2.05, 4.69) is 41.0 Å². The minimum Gasteiger partial charge on any atom is -0.495 e. The Morgan fingerprint density at radius 2 is 1.78 bits per heavy atom. The van der Waals surface area contributed by atoms with Crippen LogP contribution in [0.2, 0.25) is 10.0 Å². The molecular formula is C24H25Cl2N9O2. The molecule has 3 N–H and O–H groups in total. The van der Waals surface area contributed by atoms with Gasteiger partial charge in [0.05, 0.1) is 43.4 Å². The van der Waals surface area contributed by atoms with Gasteiger partial charge in [0.1, 0.15) is 33.7 Å². The van der Waals surface area contributed by atoms with E-state index in [1.807, 2.05) is 16.9 Å². The van der Waals surface area contributed by atoms with Crippen LogP contribution in [0.1, 0.15) is 18.9 Å². The second-order valence-electron chi connectivity index (χ2n) is 8.26. The van der Waals surface area contributed by atoms with Crippen molar-refractivity contribution in [1.82, 2.24) is 35.0 Å². The number of nitrogens with zero attached hydrogens (tertiary/aromatic N) is 6. The van der Waals surface area contributed by atoms with Gasteiger partial charge in [-0.3, -0.25) is 4.68 Å². The summed E-state index contributed by atoms with van der Waals surface area (Å²) in [5, 5.41) is 14.9. The molecule has 1 fully saturated rings. The maximum Gasteiger partial charge on any atom is 0.230 e. The number of hydrogen-bond donors (Lipinski definition) is 3. The van der Waals surface area contributed by atoms with Crippen molar-refractivity contribution in [3.05, 3.63) is 53.2 Å². The fraction of sp³-hybridized carbons (Fsp3) is 0.292. The summed E-state index contributed by atoms with van der Waals surface area (Å²) in [5.41, 5.74) is 1.80. The average molecular weight is 542 g/mol. The first-order valence-corrected chi connectivity index (χ1v) is 12.4. The molecule has 0 aliphatic carbocycles. The Morgan fingerprint density at radius 1 is 1.03 bits per heavy atom. The van der Waals surface area contributed by atoms with Gasteiger partial charge in [0, 0.05) is 18.5 Å². The van der Waals surface area contributed by atoms with Gasteiger partial charge in [-0.15, -0.1) is 0 Å². The van der Waals surface area contributed by atoms with Gasteiger partial charge >= 0.3 is 0 Å². The Kier molecular flexibility index (Phi) is 7.54. The quantitative estimate of drug-likeness (QED) is 0.284. The van der Waals surface area contributed by atoms with Crippen LogP contribution in [-0.4, -0.2) is 57.0 Å². The van der Waals surface area contributed by atoms with Crippen molar-refractivity contribution in [2.45, 2.75) is 18.9 Å². The molecule has 0 saturated carbocycles. The molecule has 0 bridgehead atoms. The molecule has 37 heavy (non-hydrogen) atoms. The molecule has 0 amide bonds. The summed E-state index contributed by atoms with van der Waals surface area (Å²) in [4.78, 5) is 17.7. The van der Waals surface area contributed by atoms with E-state index in [1.165, 1.54) is 20.5 Å². The molecule has 0 unspecified atom stereocenters. The number of piperidine rings is 1. The van der Waals surface area contributed by atoms with Gasteiger partial charge < -0.3 is 25.4 Å². The molecule has 0 spiro atoms. The summed E-state index contributed by atoms with van der Waals surface area (Å²) in [7, 11) is 3.03. The number of halogens is 2. The van der Waals surface area contributed by atoms with Gasteiger partial charge in [-0.25, -0.2) is 15.0 Å². The number of benzene rings is 1. The third kappa shape index (κ3) is 5.38. The van der Waals surface area contributed by atoms with E-state index in [4.69, 9.17) is 32.7 Å². The van der Waals surface area contributed by atoms with Crippen LogP contribution in [0.5, 0.6) is 11.5 Å². The summed E-state index contributed by atoms with van der Waals surface area (Å²) in [6, 6.07) is 5.62. The summed E-state index contributed by atoms with van der Waals surface area (Å²) >= 11 is 13.1. The summed E-state index contributed by atoms with van der Waals surface area (Å²) < 4.78 is 12.7. The molecule has 11 nitrogen and oxygen atoms in total. The third-order valence-corrected chi connectivity index (χ3v) is 6.73. The normalized spacial score (nSPS) is 13.8. The zero-order valence-corrected chi connectivity index (χ0v) is 21.7. The highest BCUT2D eigenvalue weighted by Gasteiger charge is 2.20. The van der Waals surface area contributed by atoms with Crippen molar-refractivity contribution in [1.29, 1.82) is 0 Å². The van der Waals surface area contributed by atoms with Crippen LogP contribution in [0.25, 0.3) is 11.4 Å². The molecule has 4 aromatic rings. The number of anilines is 4. The fourth-order valence-corrected chi connectivity index (χ4v) is 4.68. The molecule has 3 aromatic heterocycles. The number of rotatable bonds is 8. The molecule has 1 aliphatic rings. The average Bonchev–Trinajstić information content (AvgIpc) is 3.40. The molecule has 0 atom stereocenters. The molecular weight excluding hydrogens is 517 g/mol. The highest BCUT2D eigenvalue weighted by Crippen LogP contribution is 2.45. The van der Waals surface area contributed by atoms with E-state index < -0.39 is 0 Å². The molecule has 192 valence electrons. The maximum absolute atomic E-state index is 6.55. The largest absolute Gasteiger partial charge is 0.495 e. The first-order chi connectivity index (χ1) is 18.1.